The molecule has 0 saturated heterocycles. The van der Waals surface area contributed by atoms with Crippen LogP contribution in [0.1, 0.15) is 32.5 Å². The number of halogens is 2. The van der Waals surface area contributed by atoms with Crippen molar-refractivity contribution in [3.8, 4) is 0 Å². The van der Waals surface area contributed by atoms with Crippen LogP contribution in [-0.2, 0) is 6.42 Å². The number of amides is 1. The summed E-state index contributed by atoms with van der Waals surface area (Å²) in [4.78, 5) is 24.1. The minimum absolute atomic E-state index is 0.0402. The first-order valence-corrected chi connectivity index (χ1v) is 7.24. The number of carbonyl (C=O) groups excluding carboxylic acids is 1. The number of carbonyl (C=O) groups is 2. The number of benzene rings is 1. The fourth-order valence-electron chi connectivity index (χ4n) is 1.68. The van der Waals surface area contributed by atoms with E-state index in [0.29, 0.717) is 6.42 Å². The van der Waals surface area contributed by atoms with Crippen LogP contribution >= 0.6 is 22.9 Å². The molecule has 0 radical (unpaired) electrons. The summed E-state index contributed by atoms with van der Waals surface area (Å²) >= 11 is 6.82. The van der Waals surface area contributed by atoms with Crippen molar-refractivity contribution >= 4 is 39.8 Å². The van der Waals surface area contributed by atoms with Gasteiger partial charge in [-0.15, -0.1) is 11.3 Å². The summed E-state index contributed by atoms with van der Waals surface area (Å²) in [6, 6.07) is 5.09. The van der Waals surface area contributed by atoms with Gasteiger partial charge in [0.15, 0.2) is 0 Å². The van der Waals surface area contributed by atoms with Gasteiger partial charge >= 0.3 is 5.97 Å². The third kappa shape index (κ3) is 3.40. The van der Waals surface area contributed by atoms with E-state index in [9.17, 15) is 14.0 Å². The predicted molar refractivity (Wildman–Crippen MR) is 80.0 cm³/mol. The largest absolute Gasteiger partial charge is 0.478 e. The highest BCUT2D eigenvalue weighted by Gasteiger charge is 2.18. The van der Waals surface area contributed by atoms with E-state index >= 15 is 0 Å². The van der Waals surface area contributed by atoms with Crippen molar-refractivity contribution in [2.24, 2.45) is 0 Å². The Morgan fingerprint density at radius 2 is 2.10 bits per heavy atom. The summed E-state index contributed by atoms with van der Waals surface area (Å²) in [6.45, 7) is 1.89. The average molecular weight is 328 g/mol. The van der Waals surface area contributed by atoms with E-state index in [0.717, 1.165) is 10.9 Å². The van der Waals surface area contributed by atoms with Gasteiger partial charge in [0.2, 0.25) is 0 Å². The number of nitrogens with one attached hydrogen (secondary N) is 1. The highest BCUT2D eigenvalue weighted by atomic mass is 35.5. The van der Waals surface area contributed by atoms with Crippen molar-refractivity contribution in [2.45, 2.75) is 13.3 Å². The Kier molecular flexibility index (Phi) is 4.59. The third-order valence-electron chi connectivity index (χ3n) is 2.77. The molecule has 2 N–H and O–H groups in total. The van der Waals surface area contributed by atoms with Gasteiger partial charge in [-0.25, -0.2) is 9.18 Å². The monoisotopic (exact) mass is 327 g/mol. The van der Waals surface area contributed by atoms with Crippen LogP contribution in [0.3, 0.4) is 0 Å². The quantitative estimate of drug-likeness (QED) is 0.890. The molecule has 1 aromatic heterocycles. The van der Waals surface area contributed by atoms with Crippen LogP contribution in [0.4, 0.5) is 9.39 Å². The lowest BCUT2D eigenvalue weighted by atomic mass is 10.2. The summed E-state index contributed by atoms with van der Waals surface area (Å²) < 4.78 is 13.1. The molecule has 2 rings (SSSR count). The molecule has 1 amide bonds. The minimum atomic E-state index is -1.11. The van der Waals surface area contributed by atoms with Crippen molar-refractivity contribution in [3.05, 3.63) is 51.1 Å². The van der Waals surface area contributed by atoms with Gasteiger partial charge in [0, 0.05) is 10.4 Å². The zero-order chi connectivity index (χ0) is 15.6. The van der Waals surface area contributed by atoms with Crippen LogP contribution in [-0.4, -0.2) is 17.0 Å². The first-order chi connectivity index (χ1) is 9.92. The summed E-state index contributed by atoms with van der Waals surface area (Å²) in [5.41, 5.74) is 0.197. The van der Waals surface area contributed by atoms with E-state index in [-0.39, 0.29) is 21.2 Å². The molecule has 0 saturated carbocycles. The zero-order valence-electron chi connectivity index (χ0n) is 10.9. The molecule has 7 heteroatoms. The van der Waals surface area contributed by atoms with E-state index in [1.807, 2.05) is 6.92 Å². The van der Waals surface area contributed by atoms with Gasteiger partial charge in [-0.1, -0.05) is 18.5 Å². The maximum absolute atomic E-state index is 13.1. The molecule has 0 atom stereocenters. The van der Waals surface area contributed by atoms with Crippen LogP contribution in [0.5, 0.6) is 0 Å². The number of carboxylic acids is 1. The average Bonchev–Trinajstić information content (AvgIpc) is 2.85. The van der Waals surface area contributed by atoms with E-state index < -0.39 is 17.7 Å². The predicted octanol–water partition coefficient (Wildman–Crippen LogP) is 4.05. The van der Waals surface area contributed by atoms with Crippen molar-refractivity contribution in [2.75, 3.05) is 5.32 Å². The summed E-state index contributed by atoms with van der Waals surface area (Å²) in [7, 11) is 0. The molecule has 0 aliphatic heterocycles. The molecule has 0 fully saturated rings. The van der Waals surface area contributed by atoms with Crippen molar-refractivity contribution in [1.29, 1.82) is 0 Å². The van der Waals surface area contributed by atoms with E-state index in [4.69, 9.17) is 16.7 Å². The van der Waals surface area contributed by atoms with Crippen molar-refractivity contribution in [3.63, 3.8) is 0 Å². The van der Waals surface area contributed by atoms with Gasteiger partial charge in [-0.05, 0) is 30.7 Å². The standard InChI is InChI=1S/C14H11ClFNO3S/c1-2-8-6-9(14(19)20)13(21-8)17-12(18)7-3-4-11(16)10(15)5-7/h3-6H,2H2,1H3,(H,17,18)(H,19,20). The van der Waals surface area contributed by atoms with E-state index in [1.165, 1.54) is 29.5 Å². The maximum atomic E-state index is 13.1. The molecule has 1 heterocycles. The first-order valence-electron chi connectivity index (χ1n) is 6.04. The summed E-state index contributed by atoms with van der Waals surface area (Å²) in [5, 5.41) is 11.7. The fourth-order valence-corrected chi connectivity index (χ4v) is 2.84. The number of aryl methyl sites for hydroxylation is 1. The molecule has 110 valence electrons. The van der Waals surface area contributed by atoms with E-state index in [1.54, 1.807) is 0 Å². The Labute approximate surface area is 129 Å². The zero-order valence-corrected chi connectivity index (χ0v) is 12.5. The SMILES string of the molecule is CCc1cc(C(=O)O)c(NC(=O)c2ccc(F)c(Cl)c2)s1. The minimum Gasteiger partial charge on any atom is -0.478 e. The lowest BCUT2D eigenvalue weighted by Crippen LogP contribution is -2.13. The van der Waals surface area contributed by atoms with Crippen molar-refractivity contribution < 1.29 is 19.1 Å². The normalized spacial score (nSPS) is 10.4. The highest BCUT2D eigenvalue weighted by Crippen LogP contribution is 2.29. The summed E-state index contributed by atoms with van der Waals surface area (Å²) in [5.74, 6) is -2.27. The Morgan fingerprint density at radius 1 is 1.38 bits per heavy atom. The topological polar surface area (TPSA) is 66.4 Å². The molecule has 0 bridgehead atoms. The van der Waals surface area contributed by atoms with Crippen molar-refractivity contribution in [1.82, 2.24) is 0 Å². The van der Waals surface area contributed by atoms with Crippen LogP contribution < -0.4 is 5.32 Å². The maximum Gasteiger partial charge on any atom is 0.338 e. The van der Waals surface area contributed by atoms with Crippen LogP contribution in [0, 0.1) is 5.82 Å². The molecule has 0 aliphatic rings. The molecule has 1 aromatic carbocycles. The second-order valence-electron chi connectivity index (χ2n) is 4.20. The molecule has 0 aliphatic carbocycles. The Bertz CT molecular complexity index is 714. The van der Waals surface area contributed by atoms with Gasteiger partial charge in [0.25, 0.3) is 5.91 Å². The van der Waals surface area contributed by atoms with Crippen LogP contribution in [0.2, 0.25) is 5.02 Å². The third-order valence-corrected chi connectivity index (χ3v) is 4.26. The van der Waals surface area contributed by atoms with Gasteiger partial charge in [0.1, 0.15) is 10.8 Å². The second-order valence-corrected chi connectivity index (χ2v) is 5.74. The number of rotatable bonds is 4. The van der Waals surface area contributed by atoms with Gasteiger partial charge in [-0.3, -0.25) is 4.79 Å². The molecule has 4 nitrogen and oxygen atoms in total. The van der Waals surface area contributed by atoms with Crippen LogP contribution in [0.25, 0.3) is 0 Å². The number of anilines is 1. The Morgan fingerprint density at radius 3 is 2.67 bits per heavy atom. The smallest absolute Gasteiger partial charge is 0.338 e. The molecule has 2 aromatic rings. The number of hydrogen-bond acceptors (Lipinski definition) is 3. The second kappa shape index (κ2) is 6.24. The Balaban J connectivity index is 2.28. The number of aromatic carboxylic acids is 1. The number of hydrogen-bond donors (Lipinski definition) is 2. The fraction of sp³-hybridized carbons (Fsp3) is 0.143. The van der Waals surface area contributed by atoms with Crippen LogP contribution in [0.15, 0.2) is 24.3 Å². The lowest BCUT2D eigenvalue weighted by Gasteiger charge is -2.05. The molecule has 21 heavy (non-hydrogen) atoms. The van der Waals surface area contributed by atoms with E-state index in [2.05, 4.69) is 5.32 Å². The number of carboxylic acid groups (broad SMARTS) is 1. The molecule has 0 spiro atoms. The molecular weight excluding hydrogens is 317 g/mol. The summed E-state index contributed by atoms with van der Waals surface area (Å²) in [6.07, 6.45) is 0.670. The van der Waals surface area contributed by atoms with Gasteiger partial charge < -0.3 is 10.4 Å². The molecule has 0 unspecified atom stereocenters. The highest BCUT2D eigenvalue weighted by molar-refractivity contribution is 7.16. The Hall–Kier alpha value is -1.92. The lowest BCUT2D eigenvalue weighted by molar-refractivity contribution is 0.0698. The molecular formula is C14H11ClFNO3S. The van der Waals surface area contributed by atoms with Gasteiger partial charge in [-0.2, -0.15) is 0 Å². The van der Waals surface area contributed by atoms with Gasteiger partial charge in [0.05, 0.1) is 10.6 Å². The number of thiophene rings is 1. The first kappa shape index (κ1) is 15.5.